The number of carbonyl (C=O) groups is 1. The zero-order valence-corrected chi connectivity index (χ0v) is 35.3. The van der Waals surface area contributed by atoms with E-state index in [2.05, 4.69) is 161 Å². The van der Waals surface area contributed by atoms with E-state index in [1.165, 1.54) is 0 Å². The number of fused-ring (bicyclic) bond motifs is 8. The summed E-state index contributed by atoms with van der Waals surface area (Å²) >= 11 is 5.68. The van der Waals surface area contributed by atoms with E-state index in [0.717, 1.165) is 101 Å². The Labute approximate surface area is 370 Å². The third kappa shape index (κ3) is 8.14. The molecule has 1 aliphatic carbocycles. The standard InChI is InChI=1S/C44H30N4.C11H12ClNO2/c1-5-13-29(14-6-1)41-33-21-23-35(45-33)42(30-15-7-2-8-16-30)37-25-27-39(47-37)44(32-19-11-4-12-20-32)40-28-26-38(48-40)43(31-17-9-3-10-18-31)36-24-22-34(41)46-36;1-2-15-11(14)9-5-8(9)7-3-4-10(12)13-6-7/h1-28,45,48H;3-4,6,8-9H,2,5H2,1H3/t;8-,9+/m.0/s1. The molecule has 2 N–H and O–H groups in total. The van der Waals surface area contributed by atoms with Crippen molar-refractivity contribution in [1.29, 1.82) is 0 Å². The second-order valence-electron chi connectivity index (χ2n) is 15.6. The molecule has 1 saturated carbocycles. The smallest absolute Gasteiger partial charge is 0.309 e. The van der Waals surface area contributed by atoms with Crippen LogP contribution in [0.2, 0.25) is 5.15 Å². The molecule has 1 fully saturated rings. The van der Waals surface area contributed by atoms with Crippen molar-refractivity contribution in [1.82, 2.24) is 24.9 Å². The van der Waals surface area contributed by atoms with Crippen LogP contribution in [0.5, 0.6) is 0 Å². The molecule has 2 aliphatic heterocycles. The highest BCUT2D eigenvalue weighted by Crippen LogP contribution is 2.48. The van der Waals surface area contributed by atoms with Gasteiger partial charge in [0.2, 0.25) is 0 Å². The van der Waals surface area contributed by atoms with Gasteiger partial charge >= 0.3 is 5.97 Å². The van der Waals surface area contributed by atoms with E-state index in [1.807, 2.05) is 37.3 Å². The number of carbonyl (C=O) groups excluding carboxylic acids is 1. The van der Waals surface area contributed by atoms with Crippen LogP contribution in [-0.2, 0) is 9.53 Å². The molecular weight excluding hydrogens is 798 g/mol. The number of aromatic amines is 2. The van der Waals surface area contributed by atoms with E-state index in [1.54, 1.807) is 12.3 Å². The number of aromatic nitrogens is 5. The summed E-state index contributed by atoms with van der Waals surface area (Å²) in [6, 6.07) is 54.3. The van der Waals surface area contributed by atoms with Gasteiger partial charge in [0.05, 0.1) is 35.3 Å². The number of pyridine rings is 1. The summed E-state index contributed by atoms with van der Waals surface area (Å²) in [6.07, 6.45) is 11.1. The second kappa shape index (κ2) is 17.4. The maximum absolute atomic E-state index is 11.4. The lowest BCUT2D eigenvalue weighted by Gasteiger charge is -2.07. The first-order valence-corrected chi connectivity index (χ1v) is 21.6. The van der Waals surface area contributed by atoms with E-state index in [-0.39, 0.29) is 17.8 Å². The molecule has 0 unspecified atom stereocenters. The second-order valence-corrected chi connectivity index (χ2v) is 16.0. The maximum atomic E-state index is 11.4. The molecule has 0 spiro atoms. The number of ether oxygens (including phenoxy) is 1. The van der Waals surface area contributed by atoms with Crippen molar-refractivity contribution in [3.05, 3.63) is 197 Å². The Morgan fingerprint density at radius 1 is 0.540 bits per heavy atom. The molecule has 63 heavy (non-hydrogen) atoms. The quantitative estimate of drug-likeness (QED) is 0.123. The van der Waals surface area contributed by atoms with Gasteiger partial charge < -0.3 is 14.7 Å². The number of halogens is 1. The molecule has 8 bridgehead atoms. The number of hydrogen-bond donors (Lipinski definition) is 2. The Morgan fingerprint density at radius 2 is 0.905 bits per heavy atom. The normalized spacial score (nSPS) is 14.8. The lowest BCUT2D eigenvalue weighted by atomic mass is 10.0. The van der Waals surface area contributed by atoms with Crippen LogP contribution in [0.1, 0.15) is 47.6 Å². The van der Waals surface area contributed by atoms with E-state index in [9.17, 15) is 4.79 Å². The van der Waals surface area contributed by atoms with Crippen molar-refractivity contribution >= 4 is 63.9 Å². The largest absolute Gasteiger partial charge is 0.466 e. The van der Waals surface area contributed by atoms with Crippen molar-refractivity contribution in [2.45, 2.75) is 19.3 Å². The minimum Gasteiger partial charge on any atom is -0.466 e. The summed E-state index contributed by atoms with van der Waals surface area (Å²) in [6.45, 7) is 2.26. The van der Waals surface area contributed by atoms with Crippen molar-refractivity contribution in [3.8, 4) is 44.5 Å². The topological polar surface area (TPSA) is 96.5 Å². The SMILES string of the molecule is C1=Cc2nc1c(-c1ccccc1)c1ccc([nH]1)c(-c1ccccc1)c1nc(c(-c3ccccc3)c3ccc([nH]3)c2-c2ccccc2)C=C1.CCOC(=O)[C@@H]1C[C@H]1c1ccc(Cl)nc1. The first-order valence-electron chi connectivity index (χ1n) is 21.2. The Kier molecular flexibility index (Phi) is 10.9. The minimum absolute atomic E-state index is 0.0212. The number of rotatable bonds is 7. The average molecular weight is 840 g/mol. The first kappa shape index (κ1) is 39.5. The van der Waals surface area contributed by atoms with Gasteiger partial charge in [-0.1, -0.05) is 139 Å². The number of benzene rings is 4. The van der Waals surface area contributed by atoms with Crippen LogP contribution in [0.25, 0.3) is 90.9 Å². The van der Waals surface area contributed by atoms with Crippen molar-refractivity contribution < 1.29 is 9.53 Å². The van der Waals surface area contributed by atoms with Crippen molar-refractivity contribution in [2.24, 2.45) is 5.92 Å². The molecule has 306 valence electrons. The first-order chi connectivity index (χ1) is 31.0. The number of nitrogens with one attached hydrogen (secondary N) is 2. The molecular formula is C55H42ClN5O2. The van der Waals surface area contributed by atoms with Gasteiger partial charge in [0, 0.05) is 50.5 Å². The fraction of sp³-hybridized carbons (Fsp3) is 0.0909. The van der Waals surface area contributed by atoms with Gasteiger partial charge in [0.25, 0.3) is 0 Å². The van der Waals surface area contributed by atoms with Gasteiger partial charge in [-0.05, 0) is 102 Å². The molecule has 4 aromatic carbocycles. The van der Waals surface area contributed by atoms with Gasteiger partial charge in [-0.3, -0.25) is 4.79 Å². The molecule has 0 amide bonds. The van der Waals surface area contributed by atoms with Crippen molar-refractivity contribution in [2.75, 3.05) is 6.61 Å². The molecule has 4 aromatic heterocycles. The van der Waals surface area contributed by atoms with Crippen LogP contribution < -0.4 is 0 Å². The molecule has 11 rings (SSSR count). The van der Waals surface area contributed by atoms with Gasteiger partial charge in [-0.2, -0.15) is 0 Å². The van der Waals surface area contributed by atoms with Crippen LogP contribution in [0.3, 0.4) is 0 Å². The fourth-order valence-corrected chi connectivity index (χ4v) is 8.63. The van der Waals surface area contributed by atoms with Gasteiger partial charge in [0.15, 0.2) is 0 Å². The van der Waals surface area contributed by atoms with Crippen LogP contribution in [0, 0.1) is 5.92 Å². The Hall–Kier alpha value is -7.61. The van der Waals surface area contributed by atoms with Crippen LogP contribution in [-0.4, -0.2) is 37.5 Å². The fourth-order valence-electron chi connectivity index (χ4n) is 8.52. The summed E-state index contributed by atoms with van der Waals surface area (Å²) < 4.78 is 4.96. The summed E-state index contributed by atoms with van der Waals surface area (Å²) in [5, 5.41) is 0.479. The zero-order chi connectivity index (χ0) is 42.7. The third-order valence-corrected chi connectivity index (χ3v) is 11.8. The molecule has 8 aromatic rings. The molecule has 7 nitrogen and oxygen atoms in total. The van der Waals surface area contributed by atoms with Gasteiger partial charge in [-0.15, -0.1) is 0 Å². The predicted molar refractivity (Wildman–Crippen MR) is 257 cm³/mol. The monoisotopic (exact) mass is 839 g/mol. The highest BCUT2D eigenvalue weighted by molar-refractivity contribution is 6.29. The highest BCUT2D eigenvalue weighted by atomic mass is 35.5. The minimum atomic E-state index is -0.0996. The molecule has 3 aliphatic rings. The molecule has 0 radical (unpaired) electrons. The number of H-pyrrole nitrogens is 2. The number of esters is 1. The maximum Gasteiger partial charge on any atom is 0.309 e. The van der Waals surface area contributed by atoms with E-state index in [4.69, 9.17) is 26.3 Å². The van der Waals surface area contributed by atoms with E-state index < -0.39 is 0 Å². The van der Waals surface area contributed by atoms with E-state index in [0.29, 0.717) is 11.8 Å². The number of hydrogen-bond acceptors (Lipinski definition) is 5. The van der Waals surface area contributed by atoms with Gasteiger partial charge in [0.1, 0.15) is 5.15 Å². The van der Waals surface area contributed by atoms with Crippen LogP contribution in [0.15, 0.2) is 164 Å². The zero-order valence-electron chi connectivity index (χ0n) is 34.5. The molecule has 2 atom stereocenters. The van der Waals surface area contributed by atoms with Gasteiger partial charge in [-0.25, -0.2) is 15.0 Å². The Morgan fingerprint density at radius 3 is 1.22 bits per heavy atom. The molecule has 6 heterocycles. The van der Waals surface area contributed by atoms with Crippen molar-refractivity contribution in [3.63, 3.8) is 0 Å². The highest BCUT2D eigenvalue weighted by Gasteiger charge is 2.45. The lowest BCUT2D eigenvalue weighted by molar-refractivity contribution is -0.144. The summed E-state index contributed by atoms with van der Waals surface area (Å²) in [7, 11) is 0. The van der Waals surface area contributed by atoms with Crippen LogP contribution in [0.4, 0.5) is 0 Å². The van der Waals surface area contributed by atoms with Crippen LogP contribution >= 0.6 is 11.6 Å². The van der Waals surface area contributed by atoms with E-state index >= 15 is 0 Å². The third-order valence-electron chi connectivity index (χ3n) is 11.6. The predicted octanol–water partition coefficient (Wildman–Crippen LogP) is 13.7. The number of nitrogens with zero attached hydrogens (tertiary/aromatic N) is 3. The summed E-state index contributed by atoms with van der Waals surface area (Å²) in [5.41, 5.74) is 17.2. The summed E-state index contributed by atoms with van der Waals surface area (Å²) in [5.74, 6) is 0.194. The molecule has 8 heteroatoms. The summed E-state index contributed by atoms with van der Waals surface area (Å²) in [4.78, 5) is 33.7. The lowest BCUT2D eigenvalue weighted by Crippen LogP contribution is -2.07. The Balaban J connectivity index is 0.000000266. The Bertz CT molecular complexity index is 2830. The average Bonchev–Trinajstić information content (AvgIpc) is 3.81. The molecule has 0 saturated heterocycles.